The number of halogens is 1. The van der Waals surface area contributed by atoms with Gasteiger partial charge in [-0.1, -0.05) is 37.0 Å². The van der Waals surface area contributed by atoms with E-state index in [2.05, 4.69) is 15.5 Å². The summed E-state index contributed by atoms with van der Waals surface area (Å²) in [5.41, 5.74) is 0.756. The third-order valence-corrected chi connectivity index (χ3v) is 4.18. The molecule has 0 spiro atoms. The molecule has 0 saturated carbocycles. The molecule has 1 amide bonds. The van der Waals surface area contributed by atoms with Gasteiger partial charge < -0.3 is 14.9 Å². The topological polar surface area (TPSA) is 105 Å². The van der Waals surface area contributed by atoms with Crippen LogP contribution >= 0.6 is 11.6 Å². The van der Waals surface area contributed by atoms with Crippen molar-refractivity contribution in [1.82, 2.24) is 15.5 Å². The van der Waals surface area contributed by atoms with E-state index in [1.165, 1.54) is 0 Å². The van der Waals surface area contributed by atoms with Gasteiger partial charge in [-0.15, -0.1) is 0 Å². The van der Waals surface area contributed by atoms with Gasteiger partial charge in [0.25, 0.3) is 0 Å². The number of carbonyl (C=O) groups excluding carboxylic acids is 1. The smallest absolute Gasteiger partial charge is 0.326 e. The highest BCUT2D eigenvalue weighted by atomic mass is 35.5. The van der Waals surface area contributed by atoms with Crippen molar-refractivity contribution in [3.8, 4) is 11.4 Å². The number of aryl methyl sites for hydroxylation is 1. The molecule has 1 aromatic heterocycles. The SMILES string of the molecule is CCC(C)C(NC(=O)CCc1nc(-c2ccc(Cl)cc2)no1)C(=O)O. The standard InChI is InChI=1S/C17H20ClN3O4/c1-3-10(2)15(17(23)24)19-13(22)8-9-14-20-16(21-25-14)11-4-6-12(18)7-5-11/h4-7,10,15H,3,8-9H2,1-2H3,(H,19,22)(H,23,24). The molecular weight excluding hydrogens is 346 g/mol. The largest absolute Gasteiger partial charge is 0.480 e. The zero-order valence-corrected chi connectivity index (χ0v) is 14.8. The van der Waals surface area contributed by atoms with Gasteiger partial charge in [-0.2, -0.15) is 4.98 Å². The van der Waals surface area contributed by atoms with E-state index < -0.39 is 12.0 Å². The quantitative estimate of drug-likeness (QED) is 0.745. The van der Waals surface area contributed by atoms with Crippen molar-refractivity contribution < 1.29 is 19.2 Å². The van der Waals surface area contributed by atoms with Gasteiger partial charge >= 0.3 is 5.97 Å². The molecule has 25 heavy (non-hydrogen) atoms. The molecule has 0 aliphatic rings. The fourth-order valence-electron chi connectivity index (χ4n) is 2.22. The summed E-state index contributed by atoms with van der Waals surface area (Å²) in [5.74, 6) is -0.823. The Labute approximate surface area is 150 Å². The van der Waals surface area contributed by atoms with Crippen LogP contribution in [0.25, 0.3) is 11.4 Å². The van der Waals surface area contributed by atoms with Gasteiger partial charge in [-0.25, -0.2) is 4.79 Å². The zero-order valence-electron chi connectivity index (χ0n) is 14.0. The number of benzene rings is 1. The van der Waals surface area contributed by atoms with Crippen LogP contribution in [0.2, 0.25) is 5.02 Å². The van der Waals surface area contributed by atoms with Crippen molar-refractivity contribution in [2.75, 3.05) is 0 Å². The van der Waals surface area contributed by atoms with Crippen molar-refractivity contribution in [2.45, 2.75) is 39.2 Å². The van der Waals surface area contributed by atoms with Crippen LogP contribution in [0.5, 0.6) is 0 Å². The van der Waals surface area contributed by atoms with Gasteiger partial charge in [0.2, 0.25) is 17.6 Å². The van der Waals surface area contributed by atoms with Crippen molar-refractivity contribution >= 4 is 23.5 Å². The minimum Gasteiger partial charge on any atom is -0.480 e. The van der Waals surface area contributed by atoms with Gasteiger partial charge in [-0.05, 0) is 30.2 Å². The lowest BCUT2D eigenvalue weighted by atomic mass is 9.99. The highest BCUT2D eigenvalue weighted by Gasteiger charge is 2.25. The molecule has 7 nitrogen and oxygen atoms in total. The predicted octanol–water partition coefficient (Wildman–Crippen LogP) is 2.94. The number of nitrogens with one attached hydrogen (secondary N) is 1. The summed E-state index contributed by atoms with van der Waals surface area (Å²) in [6, 6.07) is 6.09. The fraction of sp³-hybridized carbons (Fsp3) is 0.412. The van der Waals surface area contributed by atoms with Crippen LogP contribution in [0.15, 0.2) is 28.8 Å². The molecule has 134 valence electrons. The van der Waals surface area contributed by atoms with Gasteiger partial charge in [0, 0.05) is 23.4 Å². The van der Waals surface area contributed by atoms with Gasteiger partial charge in [0.15, 0.2) is 0 Å². The summed E-state index contributed by atoms with van der Waals surface area (Å²) in [7, 11) is 0. The molecule has 2 aromatic rings. The molecule has 8 heteroatoms. The number of amides is 1. The molecule has 0 aliphatic heterocycles. The number of aromatic nitrogens is 2. The van der Waals surface area contributed by atoms with Crippen molar-refractivity contribution in [3.05, 3.63) is 35.2 Å². The Morgan fingerprint density at radius 3 is 2.60 bits per heavy atom. The Morgan fingerprint density at radius 1 is 1.32 bits per heavy atom. The van der Waals surface area contributed by atoms with E-state index in [0.29, 0.717) is 23.2 Å². The maximum Gasteiger partial charge on any atom is 0.326 e. The lowest BCUT2D eigenvalue weighted by molar-refractivity contribution is -0.143. The van der Waals surface area contributed by atoms with E-state index in [-0.39, 0.29) is 24.7 Å². The summed E-state index contributed by atoms with van der Waals surface area (Å²) in [4.78, 5) is 27.4. The van der Waals surface area contributed by atoms with E-state index in [1.807, 2.05) is 6.92 Å². The minimum atomic E-state index is -1.04. The minimum absolute atomic E-state index is 0.0719. The summed E-state index contributed by atoms with van der Waals surface area (Å²) >= 11 is 5.83. The van der Waals surface area contributed by atoms with Gasteiger partial charge in [-0.3, -0.25) is 4.79 Å². The average molecular weight is 366 g/mol. The van der Waals surface area contributed by atoms with Crippen LogP contribution in [-0.4, -0.2) is 33.2 Å². The van der Waals surface area contributed by atoms with Crippen LogP contribution in [0.1, 0.15) is 32.6 Å². The maximum absolute atomic E-state index is 12.0. The first-order valence-electron chi connectivity index (χ1n) is 8.01. The second kappa shape index (κ2) is 8.62. The third-order valence-electron chi connectivity index (χ3n) is 3.93. The first kappa shape index (κ1) is 18.9. The first-order chi connectivity index (χ1) is 11.9. The molecule has 2 N–H and O–H groups in total. The number of carboxylic acid groups (broad SMARTS) is 1. The molecule has 2 unspecified atom stereocenters. The normalized spacial score (nSPS) is 13.2. The molecular formula is C17H20ClN3O4. The van der Waals surface area contributed by atoms with E-state index in [4.69, 9.17) is 16.1 Å². The Balaban J connectivity index is 1.92. The zero-order chi connectivity index (χ0) is 18.4. The average Bonchev–Trinajstić information content (AvgIpc) is 3.06. The number of hydrogen-bond acceptors (Lipinski definition) is 5. The van der Waals surface area contributed by atoms with Crippen LogP contribution in [0, 0.1) is 5.92 Å². The van der Waals surface area contributed by atoms with E-state index >= 15 is 0 Å². The number of nitrogens with zero attached hydrogens (tertiary/aromatic N) is 2. The number of carbonyl (C=O) groups is 2. The first-order valence-corrected chi connectivity index (χ1v) is 8.39. The molecule has 1 heterocycles. The second-order valence-corrected chi connectivity index (χ2v) is 6.22. The lowest BCUT2D eigenvalue weighted by Crippen LogP contribution is -2.45. The van der Waals surface area contributed by atoms with Gasteiger partial charge in [0.05, 0.1) is 0 Å². The Bertz CT molecular complexity index is 730. The monoisotopic (exact) mass is 365 g/mol. The number of aliphatic carboxylic acids is 1. The summed E-state index contributed by atoms with van der Waals surface area (Å²) in [6.07, 6.45) is 0.965. The lowest BCUT2D eigenvalue weighted by Gasteiger charge is -2.19. The Kier molecular flexibility index (Phi) is 6.52. The summed E-state index contributed by atoms with van der Waals surface area (Å²) < 4.78 is 5.13. The number of hydrogen-bond donors (Lipinski definition) is 2. The van der Waals surface area contributed by atoms with Crippen molar-refractivity contribution in [2.24, 2.45) is 5.92 Å². The molecule has 2 atom stereocenters. The van der Waals surface area contributed by atoms with Gasteiger partial charge in [0.1, 0.15) is 6.04 Å². The maximum atomic E-state index is 12.0. The van der Waals surface area contributed by atoms with Crippen LogP contribution in [0.4, 0.5) is 0 Å². The van der Waals surface area contributed by atoms with Crippen molar-refractivity contribution in [3.63, 3.8) is 0 Å². The number of carboxylic acids is 1. The third kappa shape index (κ3) is 5.29. The highest BCUT2D eigenvalue weighted by molar-refractivity contribution is 6.30. The van der Waals surface area contributed by atoms with Crippen molar-refractivity contribution in [1.29, 1.82) is 0 Å². The Morgan fingerprint density at radius 2 is 2.00 bits per heavy atom. The van der Waals surface area contributed by atoms with E-state index in [1.54, 1.807) is 31.2 Å². The van der Waals surface area contributed by atoms with Crippen LogP contribution in [0.3, 0.4) is 0 Å². The molecule has 1 aromatic carbocycles. The van der Waals surface area contributed by atoms with Crippen LogP contribution < -0.4 is 5.32 Å². The molecule has 2 rings (SSSR count). The molecule has 0 aliphatic carbocycles. The molecule has 0 saturated heterocycles. The fourth-order valence-corrected chi connectivity index (χ4v) is 2.35. The predicted molar refractivity (Wildman–Crippen MR) is 92.1 cm³/mol. The van der Waals surface area contributed by atoms with Crippen LogP contribution in [-0.2, 0) is 16.0 Å². The highest BCUT2D eigenvalue weighted by Crippen LogP contribution is 2.19. The molecule has 0 fully saturated rings. The second-order valence-electron chi connectivity index (χ2n) is 5.79. The molecule has 0 bridgehead atoms. The summed E-state index contributed by atoms with van der Waals surface area (Å²) in [5, 5.41) is 16.2. The molecule has 0 radical (unpaired) electrons. The summed E-state index contributed by atoms with van der Waals surface area (Å²) in [6.45, 7) is 3.67. The Hall–Kier alpha value is -2.41. The van der Waals surface area contributed by atoms with E-state index in [9.17, 15) is 14.7 Å². The van der Waals surface area contributed by atoms with E-state index in [0.717, 1.165) is 5.56 Å². The number of rotatable bonds is 8.